The summed E-state index contributed by atoms with van der Waals surface area (Å²) in [6.45, 7) is 6.58. The van der Waals surface area contributed by atoms with Crippen molar-refractivity contribution in [3.05, 3.63) is 40.9 Å². The van der Waals surface area contributed by atoms with E-state index in [9.17, 15) is 0 Å². The van der Waals surface area contributed by atoms with E-state index in [4.69, 9.17) is 11.6 Å². The first-order valence-electron chi connectivity index (χ1n) is 6.06. The van der Waals surface area contributed by atoms with Crippen molar-refractivity contribution < 1.29 is 0 Å². The van der Waals surface area contributed by atoms with Crippen LogP contribution in [0.25, 0.3) is 0 Å². The van der Waals surface area contributed by atoms with Crippen LogP contribution in [-0.2, 0) is 0 Å². The molecule has 0 fully saturated rings. The van der Waals surface area contributed by atoms with Gasteiger partial charge in [0, 0.05) is 22.6 Å². The standard InChI is InChI=1S/C15H18ClN/c1-4-5-6-13-12-9-11(16)7-8-14(12)17-10-15(13,2)3/h5-10,13H,4H2,1-3H3/b6-5+. The Labute approximate surface area is 108 Å². The second kappa shape index (κ2) is 4.66. The molecule has 0 spiro atoms. The number of allylic oxidation sites excluding steroid dienone is 2. The highest BCUT2D eigenvalue weighted by Gasteiger charge is 2.31. The number of benzene rings is 1. The average Bonchev–Trinajstić information content (AvgIpc) is 2.27. The van der Waals surface area contributed by atoms with Gasteiger partial charge in [0.25, 0.3) is 0 Å². The summed E-state index contributed by atoms with van der Waals surface area (Å²) >= 11 is 6.09. The lowest BCUT2D eigenvalue weighted by Crippen LogP contribution is -2.25. The van der Waals surface area contributed by atoms with Crippen molar-refractivity contribution in [1.29, 1.82) is 0 Å². The van der Waals surface area contributed by atoms with Crippen molar-refractivity contribution >= 4 is 23.5 Å². The third kappa shape index (κ3) is 2.44. The van der Waals surface area contributed by atoms with Crippen LogP contribution in [-0.4, -0.2) is 6.21 Å². The van der Waals surface area contributed by atoms with Gasteiger partial charge in [-0.1, -0.05) is 44.5 Å². The van der Waals surface area contributed by atoms with Crippen molar-refractivity contribution in [2.24, 2.45) is 10.4 Å². The van der Waals surface area contributed by atoms with Gasteiger partial charge in [-0.3, -0.25) is 4.99 Å². The van der Waals surface area contributed by atoms with E-state index in [-0.39, 0.29) is 5.41 Å². The number of halogens is 1. The summed E-state index contributed by atoms with van der Waals surface area (Å²) in [5, 5.41) is 0.784. The van der Waals surface area contributed by atoms with Gasteiger partial charge < -0.3 is 0 Å². The van der Waals surface area contributed by atoms with Gasteiger partial charge in [-0.15, -0.1) is 0 Å². The molecule has 1 unspecified atom stereocenters. The largest absolute Gasteiger partial charge is 0.260 e. The van der Waals surface area contributed by atoms with E-state index in [1.54, 1.807) is 0 Å². The van der Waals surface area contributed by atoms with Crippen LogP contribution in [0.15, 0.2) is 35.3 Å². The van der Waals surface area contributed by atoms with Gasteiger partial charge in [-0.05, 0) is 30.2 Å². The molecule has 1 nitrogen and oxygen atoms in total. The lowest BCUT2D eigenvalue weighted by Gasteiger charge is -2.33. The molecule has 0 radical (unpaired) electrons. The van der Waals surface area contributed by atoms with Crippen LogP contribution in [0.3, 0.4) is 0 Å². The smallest absolute Gasteiger partial charge is 0.0665 e. The van der Waals surface area contributed by atoms with Gasteiger partial charge in [-0.2, -0.15) is 0 Å². The number of hydrogen-bond acceptors (Lipinski definition) is 1. The van der Waals surface area contributed by atoms with Crippen LogP contribution in [0.1, 0.15) is 38.7 Å². The fourth-order valence-corrected chi connectivity index (χ4v) is 2.41. The Kier molecular flexibility index (Phi) is 3.39. The molecule has 1 aromatic carbocycles. The Morgan fingerprint density at radius 3 is 2.88 bits per heavy atom. The molecule has 0 amide bonds. The Hall–Kier alpha value is -1.08. The molecular weight excluding hydrogens is 230 g/mol. The molecule has 0 saturated heterocycles. The summed E-state index contributed by atoms with van der Waals surface area (Å²) in [5.74, 6) is 0.355. The molecule has 0 aromatic heterocycles. The van der Waals surface area contributed by atoms with E-state index < -0.39 is 0 Å². The number of nitrogens with zero attached hydrogens (tertiary/aromatic N) is 1. The minimum absolute atomic E-state index is 0.0450. The molecule has 17 heavy (non-hydrogen) atoms. The summed E-state index contributed by atoms with van der Waals surface area (Å²) in [7, 11) is 0. The zero-order valence-corrected chi connectivity index (χ0v) is 11.3. The average molecular weight is 248 g/mol. The van der Waals surface area contributed by atoms with Gasteiger partial charge in [0.15, 0.2) is 0 Å². The van der Waals surface area contributed by atoms with Gasteiger partial charge in [0.1, 0.15) is 0 Å². The lowest BCUT2D eigenvalue weighted by molar-refractivity contribution is 0.470. The first-order valence-corrected chi connectivity index (χ1v) is 6.43. The third-order valence-electron chi connectivity index (χ3n) is 3.23. The van der Waals surface area contributed by atoms with Crippen LogP contribution in [0.4, 0.5) is 5.69 Å². The minimum Gasteiger partial charge on any atom is -0.260 e. The van der Waals surface area contributed by atoms with Crippen LogP contribution in [0.2, 0.25) is 5.02 Å². The van der Waals surface area contributed by atoms with E-state index in [1.165, 1.54) is 5.56 Å². The zero-order valence-electron chi connectivity index (χ0n) is 10.6. The summed E-state index contributed by atoms with van der Waals surface area (Å²) in [4.78, 5) is 4.53. The topological polar surface area (TPSA) is 12.4 Å². The van der Waals surface area contributed by atoms with Crippen LogP contribution < -0.4 is 0 Å². The molecule has 0 saturated carbocycles. The highest BCUT2D eigenvalue weighted by Crippen LogP contribution is 2.44. The molecule has 0 bridgehead atoms. The van der Waals surface area contributed by atoms with Crippen molar-refractivity contribution in [3.63, 3.8) is 0 Å². The number of fused-ring (bicyclic) bond motifs is 1. The van der Waals surface area contributed by atoms with Crippen molar-refractivity contribution in [2.45, 2.75) is 33.1 Å². The Morgan fingerprint density at radius 1 is 1.41 bits per heavy atom. The second-order valence-electron chi connectivity index (χ2n) is 5.10. The summed E-state index contributed by atoms with van der Waals surface area (Å²) in [5.41, 5.74) is 2.32. The second-order valence-corrected chi connectivity index (χ2v) is 5.53. The van der Waals surface area contributed by atoms with E-state index in [0.29, 0.717) is 5.92 Å². The minimum atomic E-state index is 0.0450. The normalized spacial score (nSPS) is 21.8. The quantitative estimate of drug-likeness (QED) is 0.643. The predicted molar refractivity (Wildman–Crippen MR) is 75.6 cm³/mol. The van der Waals surface area contributed by atoms with E-state index in [1.807, 2.05) is 24.4 Å². The van der Waals surface area contributed by atoms with Gasteiger partial charge in [0.05, 0.1) is 5.69 Å². The number of rotatable bonds is 2. The monoisotopic (exact) mass is 247 g/mol. The maximum atomic E-state index is 6.09. The van der Waals surface area contributed by atoms with E-state index in [0.717, 1.165) is 17.1 Å². The molecule has 2 rings (SSSR count). The maximum Gasteiger partial charge on any atom is 0.0665 e. The Bertz CT molecular complexity index is 472. The molecule has 1 atom stereocenters. The molecule has 0 N–H and O–H groups in total. The molecule has 0 aliphatic carbocycles. The molecule has 2 heteroatoms. The van der Waals surface area contributed by atoms with E-state index in [2.05, 4.69) is 37.9 Å². The number of aliphatic imine (C=N–C) groups is 1. The van der Waals surface area contributed by atoms with Gasteiger partial charge in [0.2, 0.25) is 0 Å². The van der Waals surface area contributed by atoms with Gasteiger partial charge in [-0.25, -0.2) is 0 Å². The summed E-state index contributed by atoms with van der Waals surface area (Å²) in [6.07, 6.45) is 7.60. The third-order valence-corrected chi connectivity index (χ3v) is 3.46. The Balaban J connectivity index is 2.51. The van der Waals surface area contributed by atoms with Gasteiger partial charge >= 0.3 is 0 Å². The van der Waals surface area contributed by atoms with E-state index >= 15 is 0 Å². The highest BCUT2D eigenvalue weighted by molar-refractivity contribution is 6.30. The SMILES string of the molecule is CC/C=C/C1c2cc(Cl)ccc2N=CC1(C)C. The summed E-state index contributed by atoms with van der Waals surface area (Å²) in [6, 6.07) is 5.94. The maximum absolute atomic E-state index is 6.09. The molecule has 90 valence electrons. The molecular formula is C15H18ClN. The molecule has 1 aliphatic heterocycles. The first kappa shape index (κ1) is 12.4. The molecule has 1 aliphatic rings. The fraction of sp³-hybridized carbons (Fsp3) is 0.400. The van der Waals surface area contributed by atoms with Crippen molar-refractivity contribution in [3.8, 4) is 0 Å². The summed E-state index contributed by atoms with van der Waals surface area (Å²) < 4.78 is 0. The first-order chi connectivity index (χ1) is 8.04. The van der Waals surface area contributed by atoms with Crippen molar-refractivity contribution in [1.82, 2.24) is 0 Å². The van der Waals surface area contributed by atoms with Crippen LogP contribution in [0.5, 0.6) is 0 Å². The van der Waals surface area contributed by atoms with Crippen molar-refractivity contribution in [2.75, 3.05) is 0 Å². The number of hydrogen-bond donors (Lipinski definition) is 0. The highest BCUT2D eigenvalue weighted by atomic mass is 35.5. The zero-order chi connectivity index (χ0) is 12.5. The molecule has 1 heterocycles. The predicted octanol–water partition coefficient (Wildman–Crippen LogP) is 5.13. The van der Waals surface area contributed by atoms with Crippen LogP contribution >= 0.6 is 11.6 Å². The Morgan fingerprint density at radius 2 is 2.18 bits per heavy atom. The fourth-order valence-electron chi connectivity index (χ4n) is 2.23. The lowest BCUT2D eigenvalue weighted by atomic mass is 9.73. The van der Waals surface area contributed by atoms with Crippen LogP contribution in [0, 0.1) is 5.41 Å². The molecule has 1 aromatic rings.